The topological polar surface area (TPSA) is 39.1 Å². The summed E-state index contributed by atoms with van der Waals surface area (Å²) < 4.78 is 0. The van der Waals surface area contributed by atoms with Crippen LogP contribution >= 0.6 is 11.8 Å². The molecule has 0 heterocycles. The molecular weight excluding hydrogens is 266 g/mol. The summed E-state index contributed by atoms with van der Waals surface area (Å²) >= 11 is 1.58. The molecular formula is C16H17N3S. The van der Waals surface area contributed by atoms with Crippen LogP contribution in [0.4, 0.5) is 17.1 Å². The van der Waals surface area contributed by atoms with Crippen LogP contribution in [-0.2, 0) is 0 Å². The summed E-state index contributed by atoms with van der Waals surface area (Å²) in [4.78, 5) is 3.04. The highest BCUT2D eigenvalue weighted by Crippen LogP contribution is 2.29. The first-order valence-corrected chi connectivity index (χ1v) is 7.49. The largest absolute Gasteiger partial charge is 0.378 e. The van der Waals surface area contributed by atoms with Crippen molar-refractivity contribution in [1.29, 1.82) is 5.26 Å². The van der Waals surface area contributed by atoms with Gasteiger partial charge in [0.25, 0.3) is 0 Å². The lowest BCUT2D eigenvalue weighted by Crippen LogP contribution is -2.08. The zero-order valence-corrected chi connectivity index (χ0v) is 12.7. The molecule has 0 unspecified atom stereocenters. The van der Waals surface area contributed by atoms with E-state index in [2.05, 4.69) is 28.4 Å². The molecule has 0 bridgehead atoms. The molecule has 0 saturated carbocycles. The zero-order valence-electron chi connectivity index (χ0n) is 11.8. The van der Waals surface area contributed by atoms with Crippen molar-refractivity contribution in [3.8, 4) is 6.07 Å². The lowest BCUT2D eigenvalue weighted by molar-refractivity contribution is 1.13. The number of thioether (sulfide) groups is 1. The molecule has 0 aliphatic rings. The van der Waals surface area contributed by atoms with E-state index in [1.165, 1.54) is 0 Å². The van der Waals surface area contributed by atoms with Crippen LogP contribution < -0.4 is 10.2 Å². The average Bonchev–Trinajstić information content (AvgIpc) is 2.47. The Morgan fingerprint density at radius 2 is 1.90 bits per heavy atom. The Hall–Kier alpha value is -2.12. The summed E-state index contributed by atoms with van der Waals surface area (Å²) in [6.07, 6.45) is 1.98. The van der Waals surface area contributed by atoms with Crippen molar-refractivity contribution in [2.45, 2.75) is 4.90 Å². The molecule has 0 fully saturated rings. The molecule has 3 nitrogen and oxygen atoms in total. The molecule has 0 aliphatic carbocycles. The van der Waals surface area contributed by atoms with Crippen LogP contribution in [0.1, 0.15) is 5.56 Å². The third kappa shape index (κ3) is 3.06. The number of nitriles is 1. The van der Waals surface area contributed by atoms with Gasteiger partial charge in [-0.2, -0.15) is 5.26 Å². The van der Waals surface area contributed by atoms with E-state index < -0.39 is 0 Å². The van der Waals surface area contributed by atoms with Gasteiger partial charge in [-0.25, -0.2) is 0 Å². The van der Waals surface area contributed by atoms with Gasteiger partial charge in [0.05, 0.1) is 11.3 Å². The Morgan fingerprint density at radius 1 is 1.15 bits per heavy atom. The molecule has 0 atom stereocenters. The van der Waals surface area contributed by atoms with E-state index in [9.17, 15) is 5.26 Å². The Bertz CT molecular complexity index is 644. The van der Waals surface area contributed by atoms with Gasteiger partial charge in [-0.1, -0.05) is 12.1 Å². The van der Waals surface area contributed by atoms with Crippen LogP contribution in [0, 0.1) is 11.3 Å². The van der Waals surface area contributed by atoms with E-state index in [4.69, 9.17) is 0 Å². The highest BCUT2D eigenvalue weighted by atomic mass is 32.2. The van der Waals surface area contributed by atoms with Crippen molar-refractivity contribution in [2.24, 2.45) is 0 Å². The Balaban J connectivity index is 2.35. The first kappa shape index (κ1) is 14.3. The molecule has 0 aliphatic heterocycles. The van der Waals surface area contributed by atoms with Gasteiger partial charge in [-0.05, 0) is 36.6 Å². The minimum Gasteiger partial charge on any atom is -0.378 e. The van der Waals surface area contributed by atoms with E-state index >= 15 is 0 Å². The average molecular weight is 283 g/mol. The third-order valence-electron chi connectivity index (χ3n) is 3.00. The molecule has 2 rings (SSSR count). The lowest BCUT2D eigenvalue weighted by Gasteiger charge is -2.15. The van der Waals surface area contributed by atoms with Gasteiger partial charge in [-0.3, -0.25) is 0 Å². The molecule has 2 aromatic rings. The predicted molar refractivity (Wildman–Crippen MR) is 87.0 cm³/mol. The maximum absolute atomic E-state index is 9.34. The predicted octanol–water partition coefficient (Wildman–Crippen LogP) is 4.09. The van der Waals surface area contributed by atoms with Gasteiger partial charge in [0, 0.05) is 30.4 Å². The van der Waals surface area contributed by atoms with Crippen molar-refractivity contribution < 1.29 is 0 Å². The van der Waals surface area contributed by atoms with E-state index in [0.717, 1.165) is 22.0 Å². The molecule has 102 valence electrons. The molecule has 0 saturated heterocycles. The van der Waals surface area contributed by atoms with Crippen molar-refractivity contribution in [3.63, 3.8) is 0 Å². The summed E-state index contributed by atoms with van der Waals surface area (Å²) in [6.45, 7) is 0. The van der Waals surface area contributed by atoms with Crippen molar-refractivity contribution >= 4 is 28.8 Å². The molecule has 0 radical (unpaired) electrons. The zero-order chi connectivity index (χ0) is 14.5. The SMILES string of the molecule is CSc1cccc(Nc2cccc(N(C)C)c2)c1C#N. The van der Waals surface area contributed by atoms with Gasteiger partial charge < -0.3 is 10.2 Å². The normalized spacial score (nSPS) is 9.90. The summed E-state index contributed by atoms with van der Waals surface area (Å²) in [5.41, 5.74) is 3.63. The maximum Gasteiger partial charge on any atom is 0.103 e. The van der Waals surface area contributed by atoms with Crippen LogP contribution in [0.2, 0.25) is 0 Å². The number of hydrogen-bond donors (Lipinski definition) is 1. The van der Waals surface area contributed by atoms with Crippen molar-refractivity contribution in [2.75, 3.05) is 30.6 Å². The molecule has 0 spiro atoms. The standard InChI is InChI=1S/C16H17N3S/c1-19(2)13-7-4-6-12(10-13)18-15-8-5-9-16(20-3)14(15)11-17/h4-10,18H,1-3H3. The van der Waals surface area contributed by atoms with E-state index in [1.54, 1.807) is 11.8 Å². The first-order valence-electron chi connectivity index (χ1n) is 6.27. The second-order valence-corrected chi connectivity index (χ2v) is 5.41. The highest BCUT2D eigenvalue weighted by molar-refractivity contribution is 7.98. The Labute approximate surface area is 124 Å². The Kier molecular flexibility index (Phi) is 4.54. The summed E-state index contributed by atoms with van der Waals surface area (Å²) in [6, 6.07) is 16.3. The minimum absolute atomic E-state index is 0.690. The maximum atomic E-state index is 9.34. The fourth-order valence-corrected chi connectivity index (χ4v) is 2.51. The van der Waals surface area contributed by atoms with Crippen molar-refractivity contribution in [1.82, 2.24) is 0 Å². The van der Waals surface area contributed by atoms with Gasteiger partial charge in [0.1, 0.15) is 6.07 Å². The molecule has 4 heteroatoms. The first-order chi connectivity index (χ1) is 9.65. The van der Waals surface area contributed by atoms with Crippen LogP contribution in [0.3, 0.4) is 0 Å². The lowest BCUT2D eigenvalue weighted by atomic mass is 10.2. The molecule has 20 heavy (non-hydrogen) atoms. The number of anilines is 3. The summed E-state index contributed by atoms with van der Waals surface area (Å²) in [7, 11) is 4.02. The number of nitrogens with zero attached hydrogens (tertiary/aromatic N) is 2. The second kappa shape index (κ2) is 6.36. The van der Waals surface area contributed by atoms with Gasteiger partial charge in [0.15, 0.2) is 0 Å². The van der Waals surface area contributed by atoms with E-state index in [-0.39, 0.29) is 0 Å². The number of nitrogens with one attached hydrogen (secondary N) is 1. The summed E-state index contributed by atoms with van der Waals surface area (Å²) in [5.74, 6) is 0. The monoisotopic (exact) mass is 283 g/mol. The number of rotatable bonds is 4. The number of benzene rings is 2. The van der Waals surface area contributed by atoms with Crippen molar-refractivity contribution in [3.05, 3.63) is 48.0 Å². The fraction of sp³-hybridized carbons (Fsp3) is 0.188. The smallest absolute Gasteiger partial charge is 0.103 e. The van der Waals surface area contributed by atoms with Crippen LogP contribution in [0.5, 0.6) is 0 Å². The number of hydrogen-bond acceptors (Lipinski definition) is 4. The van der Waals surface area contributed by atoms with Gasteiger partial charge >= 0.3 is 0 Å². The van der Waals surface area contributed by atoms with Crippen LogP contribution in [0.25, 0.3) is 0 Å². The highest BCUT2D eigenvalue weighted by Gasteiger charge is 2.07. The molecule has 2 aromatic carbocycles. The fourth-order valence-electron chi connectivity index (χ4n) is 1.94. The Morgan fingerprint density at radius 3 is 2.55 bits per heavy atom. The van der Waals surface area contributed by atoms with Crippen LogP contribution in [0.15, 0.2) is 47.4 Å². The third-order valence-corrected chi connectivity index (χ3v) is 3.78. The minimum atomic E-state index is 0.690. The quantitative estimate of drug-likeness (QED) is 0.858. The van der Waals surface area contributed by atoms with E-state index in [0.29, 0.717) is 5.56 Å². The van der Waals surface area contributed by atoms with Gasteiger partial charge in [-0.15, -0.1) is 11.8 Å². The second-order valence-electron chi connectivity index (χ2n) is 4.56. The summed E-state index contributed by atoms with van der Waals surface area (Å²) in [5, 5.41) is 12.7. The molecule has 0 amide bonds. The molecule has 0 aromatic heterocycles. The van der Waals surface area contributed by atoms with Crippen LogP contribution in [-0.4, -0.2) is 20.4 Å². The molecule has 1 N–H and O–H groups in total. The van der Waals surface area contributed by atoms with Gasteiger partial charge in [0.2, 0.25) is 0 Å². The van der Waals surface area contributed by atoms with E-state index in [1.807, 2.05) is 50.7 Å².